The Morgan fingerprint density at radius 2 is 2.50 bits per heavy atom. The Kier molecular flexibility index (Phi) is 4.32. The molecule has 1 aliphatic heterocycles. The van der Waals surface area contributed by atoms with Crippen molar-refractivity contribution in [2.24, 2.45) is 11.8 Å². The highest BCUT2D eigenvalue weighted by Gasteiger charge is 2.22. The largest absolute Gasteiger partial charge is 0.316 e. The third kappa shape index (κ3) is 3.03. The SMILES string of the molecule is CC(CNCC1CNCC1C)c1nccs1. The molecular formula is C12H21N3S. The molecule has 16 heavy (non-hydrogen) atoms. The second-order valence-corrected chi connectivity index (χ2v) is 5.75. The number of aromatic nitrogens is 1. The van der Waals surface area contributed by atoms with Crippen molar-refractivity contribution in [3.63, 3.8) is 0 Å². The van der Waals surface area contributed by atoms with Gasteiger partial charge in [-0.1, -0.05) is 13.8 Å². The van der Waals surface area contributed by atoms with E-state index in [0.29, 0.717) is 5.92 Å². The zero-order chi connectivity index (χ0) is 11.4. The second-order valence-electron chi connectivity index (χ2n) is 4.83. The molecule has 4 heteroatoms. The van der Waals surface area contributed by atoms with Gasteiger partial charge < -0.3 is 10.6 Å². The van der Waals surface area contributed by atoms with E-state index in [0.717, 1.165) is 24.9 Å². The third-order valence-corrected chi connectivity index (χ3v) is 4.41. The number of thiazole rings is 1. The minimum Gasteiger partial charge on any atom is -0.316 e. The average Bonchev–Trinajstić information content (AvgIpc) is 2.90. The summed E-state index contributed by atoms with van der Waals surface area (Å²) in [6.07, 6.45) is 1.89. The van der Waals surface area contributed by atoms with E-state index in [-0.39, 0.29) is 0 Å². The number of rotatable bonds is 5. The summed E-state index contributed by atoms with van der Waals surface area (Å²) in [5.74, 6) is 2.14. The van der Waals surface area contributed by atoms with E-state index in [1.54, 1.807) is 11.3 Å². The molecule has 0 saturated carbocycles. The molecular weight excluding hydrogens is 218 g/mol. The minimum atomic E-state index is 0.532. The van der Waals surface area contributed by atoms with Crippen LogP contribution in [0.4, 0.5) is 0 Å². The van der Waals surface area contributed by atoms with Crippen LogP contribution in [0.3, 0.4) is 0 Å². The highest BCUT2D eigenvalue weighted by atomic mass is 32.1. The molecule has 1 aromatic heterocycles. The smallest absolute Gasteiger partial charge is 0.0965 e. The first-order valence-corrected chi connectivity index (χ1v) is 6.96. The first-order chi connectivity index (χ1) is 7.77. The van der Waals surface area contributed by atoms with Crippen LogP contribution in [0.5, 0.6) is 0 Å². The summed E-state index contributed by atoms with van der Waals surface area (Å²) in [7, 11) is 0. The van der Waals surface area contributed by atoms with E-state index >= 15 is 0 Å². The van der Waals surface area contributed by atoms with Crippen molar-refractivity contribution in [1.29, 1.82) is 0 Å². The lowest BCUT2D eigenvalue weighted by atomic mass is 9.98. The van der Waals surface area contributed by atoms with Gasteiger partial charge in [0, 0.05) is 24.0 Å². The molecule has 2 N–H and O–H groups in total. The lowest BCUT2D eigenvalue weighted by Crippen LogP contribution is -2.29. The van der Waals surface area contributed by atoms with Crippen molar-refractivity contribution < 1.29 is 0 Å². The van der Waals surface area contributed by atoms with Crippen molar-refractivity contribution in [3.8, 4) is 0 Å². The van der Waals surface area contributed by atoms with Gasteiger partial charge in [0.15, 0.2) is 0 Å². The Morgan fingerprint density at radius 3 is 3.12 bits per heavy atom. The molecule has 0 aromatic carbocycles. The highest BCUT2D eigenvalue weighted by molar-refractivity contribution is 7.09. The van der Waals surface area contributed by atoms with Gasteiger partial charge in [-0.25, -0.2) is 4.98 Å². The van der Waals surface area contributed by atoms with Crippen molar-refractivity contribution >= 4 is 11.3 Å². The van der Waals surface area contributed by atoms with E-state index in [1.165, 1.54) is 18.1 Å². The monoisotopic (exact) mass is 239 g/mol. The Hall–Kier alpha value is -0.450. The molecule has 1 saturated heterocycles. The molecule has 1 aliphatic rings. The summed E-state index contributed by atoms with van der Waals surface area (Å²) in [5, 5.41) is 10.3. The summed E-state index contributed by atoms with van der Waals surface area (Å²) in [5.41, 5.74) is 0. The zero-order valence-electron chi connectivity index (χ0n) is 10.1. The Labute approximate surface area is 102 Å². The summed E-state index contributed by atoms with van der Waals surface area (Å²) in [6.45, 7) is 9.08. The van der Waals surface area contributed by atoms with Crippen molar-refractivity contribution in [2.45, 2.75) is 19.8 Å². The topological polar surface area (TPSA) is 37.0 Å². The molecule has 2 heterocycles. The minimum absolute atomic E-state index is 0.532. The fraction of sp³-hybridized carbons (Fsp3) is 0.750. The average molecular weight is 239 g/mol. The zero-order valence-corrected chi connectivity index (χ0v) is 10.9. The van der Waals surface area contributed by atoms with Gasteiger partial charge in [-0.15, -0.1) is 11.3 Å². The Balaban J connectivity index is 1.68. The molecule has 2 rings (SSSR count). The van der Waals surface area contributed by atoms with Crippen molar-refractivity contribution in [2.75, 3.05) is 26.2 Å². The molecule has 0 bridgehead atoms. The second kappa shape index (κ2) is 5.75. The molecule has 1 aromatic rings. The lowest BCUT2D eigenvalue weighted by Gasteiger charge is -2.16. The van der Waals surface area contributed by atoms with E-state index in [9.17, 15) is 0 Å². The molecule has 3 unspecified atom stereocenters. The third-order valence-electron chi connectivity index (χ3n) is 3.41. The van der Waals surface area contributed by atoms with E-state index in [2.05, 4.69) is 34.8 Å². The van der Waals surface area contributed by atoms with Gasteiger partial charge in [-0.05, 0) is 31.5 Å². The predicted molar refractivity (Wildman–Crippen MR) is 68.9 cm³/mol. The van der Waals surface area contributed by atoms with Gasteiger partial charge in [0.05, 0.1) is 5.01 Å². The maximum Gasteiger partial charge on any atom is 0.0965 e. The lowest BCUT2D eigenvalue weighted by molar-refractivity contribution is 0.415. The van der Waals surface area contributed by atoms with Gasteiger partial charge in [0.2, 0.25) is 0 Å². The molecule has 0 amide bonds. The van der Waals surface area contributed by atoms with E-state index in [1.807, 2.05) is 6.20 Å². The molecule has 3 atom stereocenters. The summed E-state index contributed by atoms with van der Waals surface area (Å²) < 4.78 is 0. The predicted octanol–water partition coefficient (Wildman–Crippen LogP) is 1.69. The molecule has 90 valence electrons. The van der Waals surface area contributed by atoms with Crippen LogP contribution in [0.15, 0.2) is 11.6 Å². The first kappa shape index (κ1) is 12.0. The first-order valence-electron chi connectivity index (χ1n) is 6.08. The summed E-state index contributed by atoms with van der Waals surface area (Å²) >= 11 is 1.75. The fourth-order valence-corrected chi connectivity index (χ4v) is 2.89. The number of nitrogens with one attached hydrogen (secondary N) is 2. The van der Waals surface area contributed by atoms with Crippen LogP contribution in [-0.4, -0.2) is 31.2 Å². The van der Waals surface area contributed by atoms with Crippen LogP contribution >= 0.6 is 11.3 Å². The van der Waals surface area contributed by atoms with Gasteiger partial charge in [0.1, 0.15) is 0 Å². The van der Waals surface area contributed by atoms with Gasteiger partial charge in [0.25, 0.3) is 0 Å². The van der Waals surface area contributed by atoms with Gasteiger partial charge in [-0.3, -0.25) is 0 Å². The van der Waals surface area contributed by atoms with Gasteiger partial charge >= 0.3 is 0 Å². The van der Waals surface area contributed by atoms with Gasteiger partial charge in [-0.2, -0.15) is 0 Å². The molecule has 3 nitrogen and oxygen atoms in total. The molecule has 1 fully saturated rings. The van der Waals surface area contributed by atoms with Crippen LogP contribution < -0.4 is 10.6 Å². The summed E-state index contributed by atoms with van der Waals surface area (Å²) in [4.78, 5) is 4.35. The van der Waals surface area contributed by atoms with Crippen molar-refractivity contribution in [1.82, 2.24) is 15.6 Å². The van der Waals surface area contributed by atoms with Crippen LogP contribution in [-0.2, 0) is 0 Å². The van der Waals surface area contributed by atoms with Crippen molar-refractivity contribution in [3.05, 3.63) is 16.6 Å². The highest BCUT2D eigenvalue weighted by Crippen LogP contribution is 2.17. The van der Waals surface area contributed by atoms with E-state index < -0.39 is 0 Å². The standard InChI is InChI=1S/C12H21N3S/c1-9-5-13-7-11(9)8-14-6-10(2)12-15-3-4-16-12/h3-4,9-11,13-14H,5-8H2,1-2H3. The maximum atomic E-state index is 4.35. The molecule has 0 radical (unpaired) electrons. The fourth-order valence-electron chi connectivity index (χ4n) is 2.19. The molecule has 0 aliphatic carbocycles. The summed E-state index contributed by atoms with van der Waals surface area (Å²) in [6, 6.07) is 0. The van der Waals surface area contributed by atoms with Crippen LogP contribution in [0.25, 0.3) is 0 Å². The van der Waals surface area contributed by atoms with E-state index in [4.69, 9.17) is 0 Å². The maximum absolute atomic E-state index is 4.35. The number of hydrogen-bond donors (Lipinski definition) is 2. The normalized spacial score (nSPS) is 27.1. The number of nitrogens with zero attached hydrogens (tertiary/aromatic N) is 1. The van der Waals surface area contributed by atoms with Crippen LogP contribution in [0.1, 0.15) is 24.8 Å². The van der Waals surface area contributed by atoms with Crippen LogP contribution in [0.2, 0.25) is 0 Å². The Bertz CT molecular complexity index is 299. The van der Waals surface area contributed by atoms with Crippen LogP contribution in [0, 0.1) is 11.8 Å². The molecule has 0 spiro atoms. The Morgan fingerprint density at radius 1 is 1.62 bits per heavy atom. The quantitative estimate of drug-likeness (QED) is 0.821. The number of hydrogen-bond acceptors (Lipinski definition) is 4.